The van der Waals surface area contributed by atoms with E-state index in [9.17, 15) is 29.1 Å². The highest BCUT2D eigenvalue weighted by Crippen LogP contribution is 2.62. The fourth-order valence-corrected chi connectivity index (χ4v) is 8.56. The third kappa shape index (κ3) is 4.83. The first-order valence-electron chi connectivity index (χ1n) is 17.2. The van der Waals surface area contributed by atoms with Crippen LogP contribution >= 0.6 is 0 Å². The molecule has 1 fully saturated rings. The Kier molecular flexibility index (Phi) is 8.38. The van der Waals surface area contributed by atoms with Crippen LogP contribution in [0, 0.1) is 11.3 Å². The SMILES string of the molecule is CCOc1cccc([C@H]2C3=CCn4c(=O)n(CCc5nc6cc(OC)c(OC)cc6n(C)c5=O)c(=O)n4[C@@H]3C[C@H]3C(=O)C(C)=C(C)C(=O)[C@@]23C)c1O. The summed E-state index contributed by atoms with van der Waals surface area (Å²) in [4.78, 5) is 74.5. The highest BCUT2D eigenvalue weighted by atomic mass is 16.5. The Morgan fingerprint density at radius 1 is 0.981 bits per heavy atom. The summed E-state index contributed by atoms with van der Waals surface area (Å²) in [6.45, 7) is 7.03. The third-order valence-electron chi connectivity index (χ3n) is 11.4. The van der Waals surface area contributed by atoms with Crippen LogP contribution in [0.4, 0.5) is 0 Å². The van der Waals surface area contributed by atoms with E-state index in [1.54, 1.807) is 65.1 Å². The lowest BCUT2D eigenvalue weighted by Crippen LogP contribution is -2.55. The van der Waals surface area contributed by atoms with Crippen molar-refractivity contribution >= 4 is 22.6 Å². The molecule has 14 nitrogen and oxygen atoms in total. The molecule has 0 saturated heterocycles. The van der Waals surface area contributed by atoms with Crippen molar-refractivity contribution in [2.45, 2.75) is 65.6 Å². The van der Waals surface area contributed by atoms with E-state index in [4.69, 9.17) is 14.2 Å². The summed E-state index contributed by atoms with van der Waals surface area (Å²) in [5, 5.41) is 11.5. The van der Waals surface area contributed by atoms with Crippen LogP contribution in [0.1, 0.15) is 57.3 Å². The van der Waals surface area contributed by atoms with E-state index in [1.165, 1.54) is 28.2 Å². The van der Waals surface area contributed by atoms with E-state index in [1.807, 2.05) is 6.08 Å². The molecule has 0 bridgehead atoms. The van der Waals surface area contributed by atoms with Crippen LogP contribution in [0.15, 0.2) is 67.5 Å². The maximum Gasteiger partial charge on any atom is 0.347 e. The number of benzene rings is 2. The third-order valence-corrected chi connectivity index (χ3v) is 11.4. The van der Waals surface area contributed by atoms with Crippen molar-refractivity contribution in [1.82, 2.24) is 23.5 Å². The number of aromatic nitrogens is 5. The maximum absolute atomic E-state index is 14.3. The minimum absolute atomic E-state index is 0.0151. The van der Waals surface area contributed by atoms with E-state index >= 15 is 0 Å². The Balaban J connectivity index is 1.32. The van der Waals surface area contributed by atoms with E-state index in [-0.39, 0.29) is 60.2 Å². The normalized spacial score (nSPS) is 22.5. The summed E-state index contributed by atoms with van der Waals surface area (Å²) in [6.07, 6.45) is 1.91. The van der Waals surface area contributed by atoms with Crippen LogP contribution in [-0.4, -0.2) is 61.0 Å². The minimum atomic E-state index is -1.28. The van der Waals surface area contributed by atoms with Gasteiger partial charge in [-0.3, -0.25) is 14.4 Å². The van der Waals surface area contributed by atoms with Crippen molar-refractivity contribution in [1.29, 1.82) is 0 Å². The van der Waals surface area contributed by atoms with Crippen molar-refractivity contribution in [3.63, 3.8) is 0 Å². The van der Waals surface area contributed by atoms with Gasteiger partial charge in [0.25, 0.3) is 5.56 Å². The standard InChI is InChI=1S/C38H41N5O9/c1-8-52-28-11-9-10-22(33(28)45)31-21-12-15-42-36(48)41(14-13-24-35(47)40(5)27-18-30(51-7)29(50-6)17-25(27)39-24)37(49)43(42)26(21)16-23-32(44)19(2)20(3)34(46)38(23,31)4/h9-12,17-18,23,26,31,45H,8,13-16H2,1-7H3/t23-,26+,31+,38+/m0/s1. The summed E-state index contributed by atoms with van der Waals surface area (Å²) >= 11 is 0. The van der Waals surface area contributed by atoms with Gasteiger partial charge in [0.2, 0.25) is 0 Å². The Bertz CT molecular complexity index is 2440. The van der Waals surface area contributed by atoms with Gasteiger partial charge in [-0.2, -0.15) is 0 Å². The molecule has 3 heterocycles. The Labute approximate surface area is 298 Å². The lowest BCUT2D eigenvalue weighted by molar-refractivity contribution is -0.140. The number of methoxy groups -OCH3 is 2. The van der Waals surface area contributed by atoms with Gasteiger partial charge in [0.15, 0.2) is 34.6 Å². The number of hydrogen-bond donors (Lipinski definition) is 1. The second-order valence-electron chi connectivity index (χ2n) is 13.8. The molecule has 1 saturated carbocycles. The zero-order chi connectivity index (χ0) is 37.4. The topological polar surface area (TPSA) is 166 Å². The number of ketones is 2. The smallest absolute Gasteiger partial charge is 0.347 e. The second-order valence-corrected chi connectivity index (χ2v) is 13.8. The summed E-state index contributed by atoms with van der Waals surface area (Å²) < 4.78 is 21.7. The second kappa shape index (κ2) is 12.5. The number of allylic oxidation sites excluding steroid dienone is 4. The zero-order valence-electron chi connectivity index (χ0n) is 30.2. The minimum Gasteiger partial charge on any atom is -0.504 e. The van der Waals surface area contributed by atoms with Gasteiger partial charge in [0.05, 0.1) is 49.9 Å². The van der Waals surface area contributed by atoms with Gasteiger partial charge in [-0.15, -0.1) is 0 Å². The molecule has 0 radical (unpaired) electrons. The average molecular weight is 712 g/mol. The number of fused-ring (bicyclic) bond motifs is 5. The predicted octanol–water partition coefficient (Wildman–Crippen LogP) is 3.20. The molecule has 52 heavy (non-hydrogen) atoms. The molecule has 0 amide bonds. The number of hydrogen-bond acceptors (Lipinski definition) is 10. The van der Waals surface area contributed by atoms with Crippen LogP contribution in [0.5, 0.6) is 23.0 Å². The van der Waals surface area contributed by atoms with Crippen LogP contribution in [0.25, 0.3) is 11.0 Å². The first kappa shape index (κ1) is 34.8. The molecule has 0 spiro atoms. The molecule has 4 aromatic rings. The molecule has 2 aromatic heterocycles. The van der Waals surface area contributed by atoms with Gasteiger partial charge in [-0.1, -0.05) is 25.1 Å². The van der Waals surface area contributed by atoms with Gasteiger partial charge in [-0.05, 0) is 50.0 Å². The molecule has 14 heteroatoms. The number of ether oxygens (including phenoxy) is 3. The summed E-state index contributed by atoms with van der Waals surface area (Å²) in [7, 11) is 4.60. The highest BCUT2D eigenvalue weighted by Gasteiger charge is 2.61. The summed E-state index contributed by atoms with van der Waals surface area (Å²) in [6, 6.07) is 7.62. The number of phenols is 1. The quantitative estimate of drug-likeness (QED) is 0.268. The number of Topliss-reactive ketones (excluding diaryl/α,β-unsaturated/α-hetero) is 2. The Morgan fingerprint density at radius 2 is 1.69 bits per heavy atom. The van der Waals surface area contributed by atoms with Crippen molar-refractivity contribution in [3.8, 4) is 23.0 Å². The van der Waals surface area contributed by atoms with Gasteiger partial charge in [-0.25, -0.2) is 28.5 Å². The first-order chi connectivity index (χ1) is 24.8. The number of aryl methyl sites for hydroxylation is 2. The molecule has 3 aliphatic rings. The highest BCUT2D eigenvalue weighted by molar-refractivity contribution is 6.15. The molecule has 1 N–H and O–H groups in total. The molecule has 2 aromatic carbocycles. The lowest BCUT2D eigenvalue weighted by atomic mass is 9.50. The molecule has 4 atom stereocenters. The predicted molar refractivity (Wildman–Crippen MR) is 190 cm³/mol. The molecule has 7 rings (SSSR count). The maximum atomic E-state index is 14.3. The molecular formula is C38H41N5O9. The number of carbonyl (C=O) groups is 2. The number of aromatic hydroxyl groups is 1. The van der Waals surface area contributed by atoms with Gasteiger partial charge in [0, 0.05) is 49.5 Å². The molecular weight excluding hydrogens is 670 g/mol. The van der Waals surface area contributed by atoms with E-state index in [0.29, 0.717) is 51.4 Å². The van der Waals surface area contributed by atoms with E-state index < -0.39 is 34.7 Å². The van der Waals surface area contributed by atoms with E-state index in [0.717, 1.165) is 4.57 Å². The Morgan fingerprint density at radius 3 is 2.38 bits per heavy atom. The van der Waals surface area contributed by atoms with Gasteiger partial charge >= 0.3 is 11.4 Å². The van der Waals surface area contributed by atoms with Crippen molar-refractivity contribution in [2.75, 3.05) is 20.8 Å². The van der Waals surface area contributed by atoms with Crippen molar-refractivity contribution in [2.24, 2.45) is 18.4 Å². The van der Waals surface area contributed by atoms with E-state index in [2.05, 4.69) is 4.98 Å². The van der Waals surface area contributed by atoms with Gasteiger partial charge < -0.3 is 23.9 Å². The number of para-hydroxylation sites is 1. The van der Waals surface area contributed by atoms with Crippen molar-refractivity contribution < 1.29 is 28.9 Å². The van der Waals surface area contributed by atoms with Crippen LogP contribution in [0.3, 0.4) is 0 Å². The number of carbonyl (C=O) groups excluding carboxylic acids is 2. The van der Waals surface area contributed by atoms with Crippen molar-refractivity contribution in [3.05, 3.63) is 95.7 Å². The van der Waals surface area contributed by atoms with Crippen LogP contribution in [-0.2, 0) is 36.1 Å². The number of rotatable bonds is 8. The lowest BCUT2D eigenvalue weighted by Gasteiger charge is -2.53. The zero-order valence-corrected chi connectivity index (χ0v) is 30.2. The van der Waals surface area contributed by atoms with Crippen LogP contribution in [0.2, 0.25) is 0 Å². The Hall–Kier alpha value is -5.66. The summed E-state index contributed by atoms with van der Waals surface area (Å²) in [5.41, 5.74) is 0.0904. The molecule has 272 valence electrons. The average Bonchev–Trinajstić information content (AvgIpc) is 3.39. The fraction of sp³-hybridized carbons (Fsp3) is 0.421. The monoisotopic (exact) mass is 711 g/mol. The molecule has 1 aliphatic heterocycles. The van der Waals surface area contributed by atoms with Crippen LogP contribution < -0.4 is 31.1 Å². The number of nitrogens with zero attached hydrogens (tertiary/aromatic N) is 5. The molecule has 2 aliphatic carbocycles. The molecule has 0 unspecified atom stereocenters. The summed E-state index contributed by atoms with van der Waals surface area (Å²) in [5.74, 6) is -1.09. The van der Waals surface area contributed by atoms with Gasteiger partial charge in [0.1, 0.15) is 5.69 Å². The fourth-order valence-electron chi connectivity index (χ4n) is 8.56. The number of phenolic OH excluding ortho intramolecular Hbond substituents is 1. The largest absolute Gasteiger partial charge is 0.504 e. The first-order valence-corrected chi connectivity index (χ1v) is 17.2.